The number of aryl methyl sites for hydroxylation is 2. The van der Waals surface area contributed by atoms with Crippen molar-refractivity contribution in [1.29, 1.82) is 0 Å². The molecule has 6 aromatic heterocycles. The number of benzene rings is 2. The Kier molecular flexibility index (Phi) is 12.9. The molecule has 1 spiro atoms. The van der Waals surface area contributed by atoms with Gasteiger partial charge in [0.25, 0.3) is 20.0 Å². The highest BCUT2D eigenvalue weighted by Gasteiger charge is 2.41. The van der Waals surface area contributed by atoms with Crippen LogP contribution in [-0.2, 0) is 34.3 Å². The maximum Gasteiger partial charge on any atom is 0.269 e. The van der Waals surface area contributed by atoms with Gasteiger partial charge in [-0.1, -0.05) is 36.4 Å². The predicted octanol–water partition coefficient (Wildman–Crippen LogP) is 10.5. The van der Waals surface area contributed by atoms with Crippen LogP contribution >= 0.6 is 35.1 Å². The van der Waals surface area contributed by atoms with E-state index in [1.54, 1.807) is 90.6 Å². The van der Waals surface area contributed by atoms with Crippen LogP contribution in [0.3, 0.4) is 0 Å². The molecule has 0 atom stereocenters. The van der Waals surface area contributed by atoms with E-state index in [9.17, 15) is 21.6 Å². The molecular formula is C48H47ClN6O7S4. The van der Waals surface area contributed by atoms with Gasteiger partial charge < -0.3 is 9.47 Å². The largest absolute Gasteiger partial charge is 0.348 e. The summed E-state index contributed by atoms with van der Waals surface area (Å²) in [5.41, 5.74) is 6.01. The lowest BCUT2D eigenvalue weighted by molar-refractivity contribution is -0.178. The third-order valence-electron chi connectivity index (χ3n) is 12.7. The first-order valence-electron chi connectivity index (χ1n) is 21.7. The molecule has 3 aliphatic rings. The van der Waals surface area contributed by atoms with E-state index >= 15 is 0 Å². The Morgan fingerprint density at radius 2 is 1.06 bits per heavy atom. The summed E-state index contributed by atoms with van der Waals surface area (Å²) in [5, 5.41) is 7.32. The number of ether oxygens (including phenoxy) is 2. The summed E-state index contributed by atoms with van der Waals surface area (Å²) < 4.78 is 68.1. The lowest BCUT2D eigenvalue weighted by Crippen LogP contribution is -2.34. The van der Waals surface area contributed by atoms with Crippen molar-refractivity contribution in [2.24, 2.45) is 0 Å². The van der Waals surface area contributed by atoms with Gasteiger partial charge in [-0.3, -0.25) is 4.79 Å². The molecule has 0 radical (unpaired) electrons. The Balaban J connectivity index is 0.000000164. The highest BCUT2D eigenvalue weighted by atomic mass is 35.5. The zero-order chi connectivity index (χ0) is 44.9. The van der Waals surface area contributed by atoms with E-state index in [0.29, 0.717) is 49.1 Å². The first kappa shape index (κ1) is 46.0. The summed E-state index contributed by atoms with van der Waals surface area (Å²) in [6.45, 7) is 5.20. The molecule has 7 heterocycles. The number of halogens is 1. The highest BCUT2D eigenvalue weighted by Crippen LogP contribution is 2.44. The minimum atomic E-state index is -3.81. The maximum atomic E-state index is 13.5. The lowest BCUT2D eigenvalue weighted by Gasteiger charge is -2.35. The van der Waals surface area contributed by atoms with Gasteiger partial charge in [-0.25, -0.2) is 44.7 Å². The molecule has 1 saturated heterocycles. The van der Waals surface area contributed by atoms with Gasteiger partial charge in [-0.15, -0.1) is 35.1 Å². The monoisotopic (exact) mass is 982 g/mol. The van der Waals surface area contributed by atoms with E-state index in [1.165, 1.54) is 19.3 Å². The van der Waals surface area contributed by atoms with Gasteiger partial charge in [0.2, 0.25) is 0 Å². The molecule has 0 bridgehead atoms. The fourth-order valence-electron chi connectivity index (χ4n) is 9.25. The van der Waals surface area contributed by atoms with Crippen LogP contribution in [-0.4, -0.2) is 69.5 Å². The van der Waals surface area contributed by atoms with E-state index in [4.69, 9.17) is 9.47 Å². The number of hydrogen-bond donors (Lipinski definition) is 0. The molecule has 0 N–H and O–H groups in total. The minimum Gasteiger partial charge on any atom is -0.348 e. The quantitative estimate of drug-likeness (QED) is 0.142. The van der Waals surface area contributed by atoms with Crippen LogP contribution in [0.15, 0.2) is 118 Å². The summed E-state index contributed by atoms with van der Waals surface area (Å²) in [7, 11) is -7.61. The first-order chi connectivity index (χ1) is 31.4. The average molecular weight is 984 g/mol. The van der Waals surface area contributed by atoms with Gasteiger partial charge in [0.1, 0.15) is 5.78 Å². The molecule has 11 rings (SSSR count). The third-order valence-corrected chi connectivity index (χ3v) is 17.6. The SMILES string of the molecule is Cc1nc(-c2cn(S(=O)(=O)c3ccccc3)c3ncc(C4CCC(=O)CC4)cc23)cs1.Cc1nc(-c2cn(S(=O)(=O)c3ccccc3)c3ncc(C4CCC5(CC4)OCCO5)cc23)cs1.Cl. The van der Waals surface area contributed by atoms with E-state index in [2.05, 4.69) is 26.0 Å². The number of carbonyl (C=O) groups is 1. The predicted molar refractivity (Wildman–Crippen MR) is 259 cm³/mol. The Morgan fingerprint density at radius 1 is 0.636 bits per heavy atom. The van der Waals surface area contributed by atoms with Crippen molar-refractivity contribution in [3.8, 4) is 22.5 Å². The van der Waals surface area contributed by atoms with Crippen molar-refractivity contribution in [2.45, 2.75) is 92.6 Å². The number of pyridine rings is 2. The van der Waals surface area contributed by atoms with Crippen molar-refractivity contribution >= 4 is 83.0 Å². The summed E-state index contributed by atoms with van der Waals surface area (Å²) in [5.74, 6) is 0.483. The third kappa shape index (κ3) is 8.77. The molecule has 3 fully saturated rings. The fourth-order valence-corrected chi connectivity index (χ4v) is 13.2. The Labute approximate surface area is 397 Å². The second kappa shape index (κ2) is 18.5. The highest BCUT2D eigenvalue weighted by molar-refractivity contribution is 7.90. The van der Waals surface area contributed by atoms with Crippen LogP contribution in [0.5, 0.6) is 0 Å². The topological polar surface area (TPSA) is 165 Å². The van der Waals surface area contributed by atoms with Crippen LogP contribution in [0.1, 0.15) is 84.3 Å². The number of fused-ring (bicyclic) bond motifs is 2. The Hall–Kier alpha value is -5.14. The van der Waals surface area contributed by atoms with E-state index in [-0.39, 0.29) is 28.1 Å². The number of ketones is 1. The maximum absolute atomic E-state index is 13.5. The molecule has 0 unspecified atom stereocenters. The molecule has 2 aliphatic carbocycles. The van der Waals surface area contributed by atoms with Crippen molar-refractivity contribution in [2.75, 3.05) is 13.2 Å². The van der Waals surface area contributed by atoms with Crippen LogP contribution in [0, 0.1) is 13.8 Å². The molecule has 342 valence electrons. The number of Topliss-reactive ketones (excluding diaryl/α,β-unsaturated/α-hetero) is 1. The number of carbonyl (C=O) groups excluding carboxylic acids is 1. The number of aromatic nitrogens is 6. The van der Waals surface area contributed by atoms with Gasteiger partial charge in [-0.05, 0) is 98.9 Å². The van der Waals surface area contributed by atoms with Gasteiger partial charge >= 0.3 is 0 Å². The van der Waals surface area contributed by atoms with Crippen molar-refractivity contribution in [3.05, 3.63) is 129 Å². The van der Waals surface area contributed by atoms with Crippen LogP contribution in [0.25, 0.3) is 44.6 Å². The Morgan fingerprint density at radius 3 is 1.47 bits per heavy atom. The molecule has 8 aromatic rings. The first-order valence-corrected chi connectivity index (χ1v) is 26.3. The lowest BCUT2D eigenvalue weighted by atomic mass is 9.81. The van der Waals surface area contributed by atoms with Crippen LogP contribution in [0.4, 0.5) is 0 Å². The normalized spacial score (nSPS) is 17.0. The number of thiazole rings is 2. The van der Waals surface area contributed by atoms with Crippen molar-refractivity contribution in [3.63, 3.8) is 0 Å². The van der Waals surface area contributed by atoms with Crippen LogP contribution < -0.4 is 0 Å². The molecule has 1 aliphatic heterocycles. The molecule has 18 heteroatoms. The summed E-state index contributed by atoms with van der Waals surface area (Å²) in [4.78, 5) is 30.6. The van der Waals surface area contributed by atoms with E-state index in [0.717, 1.165) is 93.0 Å². The molecule has 2 aromatic carbocycles. The van der Waals surface area contributed by atoms with E-state index in [1.807, 2.05) is 36.9 Å². The van der Waals surface area contributed by atoms with Crippen molar-refractivity contribution < 1.29 is 31.1 Å². The fraction of sp³-hybridized carbons (Fsp3) is 0.312. The number of rotatable bonds is 8. The van der Waals surface area contributed by atoms with Crippen LogP contribution in [0.2, 0.25) is 0 Å². The zero-order valence-electron chi connectivity index (χ0n) is 36.2. The zero-order valence-corrected chi connectivity index (χ0v) is 40.3. The summed E-state index contributed by atoms with van der Waals surface area (Å²) in [6, 6.07) is 21.0. The molecular weight excluding hydrogens is 936 g/mol. The number of hydrogen-bond acceptors (Lipinski definition) is 13. The second-order valence-corrected chi connectivity index (χ2v) is 22.5. The van der Waals surface area contributed by atoms with E-state index < -0.39 is 25.8 Å². The smallest absolute Gasteiger partial charge is 0.269 e. The number of nitrogens with zero attached hydrogens (tertiary/aromatic N) is 6. The minimum absolute atomic E-state index is 0. The summed E-state index contributed by atoms with van der Waals surface area (Å²) >= 11 is 3.07. The molecule has 2 saturated carbocycles. The Bertz CT molecular complexity index is 3270. The molecule has 13 nitrogen and oxygen atoms in total. The van der Waals surface area contributed by atoms with Gasteiger partial charge in [-0.2, -0.15) is 0 Å². The standard InChI is InChI=1S/C25H25N3O4S2.C23H21N3O3S2.ClH/c1-17-27-23(16-33-17)22-15-28(34(29,30)20-5-3-2-4-6-20)24-21(22)13-19(14-26-24)18-7-9-25(10-8-18)31-11-12-32-25;1-15-25-22(14-30-15)21-13-26(31(28,29)19-5-3-2-4-6-19)23-20(21)11-17(12-24-23)16-7-9-18(27)10-8-16;/h2-6,13-16,18H,7-12H2,1H3;2-6,11-14,16H,7-10H2,1H3;1H. The van der Waals surface area contributed by atoms with Crippen molar-refractivity contribution in [1.82, 2.24) is 27.9 Å². The second-order valence-electron chi connectivity index (χ2n) is 16.8. The van der Waals surface area contributed by atoms with Gasteiger partial charge in [0.15, 0.2) is 17.1 Å². The molecule has 66 heavy (non-hydrogen) atoms. The van der Waals surface area contributed by atoms with Gasteiger partial charge in [0, 0.05) is 83.1 Å². The molecule has 0 amide bonds. The summed E-state index contributed by atoms with van der Waals surface area (Å²) in [6.07, 6.45) is 13.3. The average Bonchev–Trinajstić information content (AvgIpc) is 4.19. The van der Waals surface area contributed by atoms with Gasteiger partial charge in [0.05, 0.1) is 44.4 Å².